The van der Waals surface area contributed by atoms with Gasteiger partial charge in [0.1, 0.15) is 11.4 Å². The number of carbonyl (C=O) groups excluding carboxylic acids is 2. The van der Waals surface area contributed by atoms with Gasteiger partial charge in [-0.15, -0.1) is 0 Å². The molecule has 1 aliphatic rings. The topological polar surface area (TPSA) is 58.6 Å². The number of rotatable bonds is 6. The molecule has 0 radical (unpaired) electrons. The molecule has 162 valence electrons. The van der Waals surface area contributed by atoms with E-state index in [4.69, 9.17) is 4.74 Å². The summed E-state index contributed by atoms with van der Waals surface area (Å²) in [5.74, 6) is -0.00774. The van der Waals surface area contributed by atoms with Crippen molar-refractivity contribution in [2.75, 3.05) is 16.8 Å². The number of nitrogens with one attached hydrogen (secondary N) is 1. The minimum atomic E-state index is -0.372. The highest BCUT2D eigenvalue weighted by Gasteiger charge is 2.40. The standard InChI is InChI=1S/C27H26N2O3/c1-5-32-23-13-10-20(11-14-23)24-25(28-21-12-9-18(3)19(4)16-21)27(31)29(26(24)30)22-8-6-7-17(2)15-22/h6-16,28H,5H2,1-4H3. The summed E-state index contributed by atoms with van der Waals surface area (Å²) in [6.07, 6.45) is 0. The maximum absolute atomic E-state index is 13.5. The molecule has 0 fully saturated rings. The molecule has 0 saturated heterocycles. The second kappa shape index (κ2) is 8.71. The van der Waals surface area contributed by atoms with Crippen LogP contribution in [0.4, 0.5) is 11.4 Å². The minimum Gasteiger partial charge on any atom is -0.494 e. The molecule has 0 saturated carbocycles. The van der Waals surface area contributed by atoms with Gasteiger partial charge in [0.25, 0.3) is 11.8 Å². The van der Waals surface area contributed by atoms with Crippen LogP contribution >= 0.6 is 0 Å². The maximum atomic E-state index is 13.5. The molecule has 32 heavy (non-hydrogen) atoms. The SMILES string of the molecule is CCOc1ccc(C2=C(Nc3ccc(C)c(C)c3)C(=O)N(c3cccc(C)c3)C2=O)cc1. The van der Waals surface area contributed by atoms with E-state index in [0.29, 0.717) is 29.2 Å². The van der Waals surface area contributed by atoms with Gasteiger partial charge < -0.3 is 10.1 Å². The van der Waals surface area contributed by atoms with Crippen LogP contribution < -0.4 is 15.0 Å². The molecule has 2 amide bonds. The molecule has 3 aromatic rings. The average Bonchev–Trinajstić information content (AvgIpc) is 3.01. The number of hydrogen-bond acceptors (Lipinski definition) is 4. The van der Waals surface area contributed by atoms with Crippen LogP contribution in [0.5, 0.6) is 5.75 Å². The number of hydrogen-bond donors (Lipinski definition) is 1. The Labute approximate surface area is 188 Å². The van der Waals surface area contributed by atoms with Crippen molar-refractivity contribution in [3.05, 3.63) is 94.7 Å². The monoisotopic (exact) mass is 426 g/mol. The summed E-state index contributed by atoms with van der Waals surface area (Å²) in [4.78, 5) is 28.3. The number of anilines is 2. The van der Waals surface area contributed by atoms with Crippen LogP contribution in [0.3, 0.4) is 0 Å². The quantitative estimate of drug-likeness (QED) is 0.536. The lowest BCUT2D eigenvalue weighted by molar-refractivity contribution is -0.120. The summed E-state index contributed by atoms with van der Waals surface area (Å²) < 4.78 is 5.53. The Morgan fingerprint density at radius 1 is 0.844 bits per heavy atom. The zero-order valence-corrected chi connectivity index (χ0v) is 18.7. The normalized spacial score (nSPS) is 13.7. The third-order valence-electron chi connectivity index (χ3n) is 5.57. The molecule has 1 aliphatic heterocycles. The van der Waals surface area contributed by atoms with E-state index in [9.17, 15) is 9.59 Å². The van der Waals surface area contributed by atoms with Crippen molar-refractivity contribution in [3.63, 3.8) is 0 Å². The first kappa shape index (κ1) is 21.4. The number of carbonyl (C=O) groups is 2. The van der Waals surface area contributed by atoms with Gasteiger partial charge in [-0.05, 0) is 86.3 Å². The van der Waals surface area contributed by atoms with E-state index in [-0.39, 0.29) is 17.5 Å². The summed E-state index contributed by atoms with van der Waals surface area (Å²) in [7, 11) is 0. The van der Waals surface area contributed by atoms with Gasteiger partial charge in [-0.1, -0.05) is 30.3 Å². The largest absolute Gasteiger partial charge is 0.494 e. The summed E-state index contributed by atoms with van der Waals surface area (Å²) in [6.45, 7) is 8.46. The molecule has 0 bridgehead atoms. The smallest absolute Gasteiger partial charge is 0.282 e. The Bertz CT molecular complexity index is 1230. The highest BCUT2D eigenvalue weighted by molar-refractivity contribution is 6.46. The first-order valence-corrected chi connectivity index (χ1v) is 10.7. The predicted molar refractivity (Wildman–Crippen MR) is 128 cm³/mol. The van der Waals surface area contributed by atoms with Gasteiger partial charge in [0, 0.05) is 5.69 Å². The molecule has 0 unspecified atom stereocenters. The second-order valence-electron chi connectivity index (χ2n) is 7.92. The number of amides is 2. The zero-order chi connectivity index (χ0) is 22.8. The number of ether oxygens (including phenoxy) is 1. The molecular weight excluding hydrogens is 400 g/mol. The minimum absolute atomic E-state index is 0.268. The third-order valence-corrected chi connectivity index (χ3v) is 5.57. The molecule has 0 atom stereocenters. The Kier molecular flexibility index (Phi) is 5.82. The van der Waals surface area contributed by atoms with Crippen LogP contribution in [-0.4, -0.2) is 18.4 Å². The van der Waals surface area contributed by atoms with Crippen molar-refractivity contribution in [1.29, 1.82) is 0 Å². The highest BCUT2D eigenvalue weighted by atomic mass is 16.5. The van der Waals surface area contributed by atoms with Crippen LogP contribution in [0.1, 0.15) is 29.2 Å². The lowest BCUT2D eigenvalue weighted by atomic mass is 10.0. The van der Waals surface area contributed by atoms with Gasteiger partial charge in [0.05, 0.1) is 17.9 Å². The van der Waals surface area contributed by atoms with Gasteiger partial charge in [-0.25, -0.2) is 4.90 Å². The Morgan fingerprint density at radius 3 is 2.25 bits per heavy atom. The van der Waals surface area contributed by atoms with E-state index in [2.05, 4.69) is 5.32 Å². The summed E-state index contributed by atoms with van der Waals surface area (Å²) in [6, 6.07) is 20.5. The lowest BCUT2D eigenvalue weighted by Gasteiger charge is -2.16. The summed E-state index contributed by atoms with van der Waals surface area (Å²) in [5.41, 5.74) is 5.83. The molecule has 5 nitrogen and oxygen atoms in total. The Morgan fingerprint density at radius 2 is 1.59 bits per heavy atom. The van der Waals surface area contributed by atoms with Gasteiger partial charge in [-0.3, -0.25) is 9.59 Å². The number of benzene rings is 3. The van der Waals surface area contributed by atoms with Crippen molar-refractivity contribution >= 4 is 28.8 Å². The molecule has 4 rings (SSSR count). The summed E-state index contributed by atoms with van der Waals surface area (Å²) >= 11 is 0. The van der Waals surface area contributed by atoms with Crippen LogP contribution in [-0.2, 0) is 9.59 Å². The van der Waals surface area contributed by atoms with E-state index in [1.807, 2.05) is 88.4 Å². The van der Waals surface area contributed by atoms with Crippen LogP contribution in [0.25, 0.3) is 5.57 Å². The van der Waals surface area contributed by atoms with Gasteiger partial charge >= 0.3 is 0 Å². The van der Waals surface area contributed by atoms with E-state index < -0.39 is 0 Å². The van der Waals surface area contributed by atoms with Crippen molar-refractivity contribution in [2.45, 2.75) is 27.7 Å². The van der Waals surface area contributed by atoms with Crippen LogP contribution in [0.2, 0.25) is 0 Å². The highest BCUT2D eigenvalue weighted by Crippen LogP contribution is 2.34. The molecule has 1 heterocycles. The van der Waals surface area contributed by atoms with Crippen LogP contribution in [0.15, 0.2) is 72.4 Å². The van der Waals surface area contributed by atoms with E-state index in [1.165, 1.54) is 4.90 Å². The molecule has 1 N–H and O–H groups in total. The maximum Gasteiger partial charge on any atom is 0.282 e. The average molecular weight is 427 g/mol. The molecule has 0 spiro atoms. The van der Waals surface area contributed by atoms with Crippen molar-refractivity contribution in [2.24, 2.45) is 0 Å². The number of nitrogens with zero attached hydrogens (tertiary/aromatic N) is 1. The first-order valence-electron chi connectivity index (χ1n) is 10.7. The molecule has 5 heteroatoms. The Hall–Kier alpha value is -3.86. The third kappa shape index (κ3) is 4.02. The van der Waals surface area contributed by atoms with Crippen molar-refractivity contribution in [1.82, 2.24) is 0 Å². The molecular formula is C27H26N2O3. The fourth-order valence-electron chi connectivity index (χ4n) is 3.76. The molecule has 3 aromatic carbocycles. The van der Waals surface area contributed by atoms with Crippen molar-refractivity contribution < 1.29 is 14.3 Å². The summed E-state index contributed by atoms with van der Waals surface area (Å²) in [5, 5.41) is 3.23. The fourth-order valence-corrected chi connectivity index (χ4v) is 3.76. The van der Waals surface area contributed by atoms with Gasteiger partial charge in [0.2, 0.25) is 0 Å². The lowest BCUT2D eigenvalue weighted by Crippen LogP contribution is -2.32. The predicted octanol–water partition coefficient (Wildman–Crippen LogP) is 5.41. The van der Waals surface area contributed by atoms with Crippen LogP contribution in [0, 0.1) is 20.8 Å². The fraction of sp³-hybridized carbons (Fsp3) is 0.185. The van der Waals surface area contributed by atoms with Gasteiger partial charge in [-0.2, -0.15) is 0 Å². The molecule has 0 aliphatic carbocycles. The van der Waals surface area contributed by atoms with E-state index >= 15 is 0 Å². The number of imide groups is 1. The van der Waals surface area contributed by atoms with E-state index in [1.54, 1.807) is 6.07 Å². The Balaban J connectivity index is 1.80. The van der Waals surface area contributed by atoms with Gasteiger partial charge in [0.15, 0.2) is 0 Å². The zero-order valence-electron chi connectivity index (χ0n) is 18.7. The number of aryl methyl sites for hydroxylation is 3. The second-order valence-corrected chi connectivity index (χ2v) is 7.92. The first-order chi connectivity index (χ1) is 15.4. The van der Waals surface area contributed by atoms with Crippen molar-refractivity contribution in [3.8, 4) is 5.75 Å². The molecule has 0 aromatic heterocycles. The van der Waals surface area contributed by atoms with E-state index in [0.717, 1.165) is 22.4 Å².